The Hall–Kier alpha value is -0.380. The van der Waals surface area contributed by atoms with Crippen molar-refractivity contribution in [2.75, 3.05) is 12.8 Å². The Kier molecular flexibility index (Phi) is 8.04. The molecular formula is C20H36N2O5S. The zero-order valence-corrected chi connectivity index (χ0v) is 17.7. The Morgan fingerprint density at radius 2 is 1.89 bits per heavy atom. The van der Waals surface area contributed by atoms with E-state index in [1.807, 2.05) is 0 Å². The monoisotopic (exact) mass is 416 g/mol. The second kappa shape index (κ2) is 10.1. The molecular weight excluding hydrogens is 380 g/mol. The van der Waals surface area contributed by atoms with E-state index in [1.54, 1.807) is 6.26 Å². The van der Waals surface area contributed by atoms with Crippen LogP contribution in [0.5, 0.6) is 0 Å². The van der Waals surface area contributed by atoms with Crippen LogP contribution in [0.3, 0.4) is 0 Å². The van der Waals surface area contributed by atoms with Gasteiger partial charge in [0.25, 0.3) is 0 Å². The molecule has 0 radical (unpaired) electrons. The van der Waals surface area contributed by atoms with Gasteiger partial charge in [0, 0.05) is 0 Å². The first-order chi connectivity index (χ1) is 13.5. The minimum atomic E-state index is -1.28. The molecule has 2 aliphatic heterocycles. The molecule has 8 heteroatoms. The molecule has 1 amide bonds. The van der Waals surface area contributed by atoms with E-state index in [4.69, 9.17) is 4.74 Å². The number of carbonyl (C=O) groups is 1. The van der Waals surface area contributed by atoms with Gasteiger partial charge in [-0.2, -0.15) is 0 Å². The molecule has 5 N–H and O–H groups in total. The molecule has 8 atom stereocenters. The van der Waals surface area contributed by atoms with E-state index in [9.17, 15) is 20.1 Å². The van der Waals surface area contributed by atoms with Crippen molar-refractivity contribution in [3.8, 4) is 0 Å². The van der Waals surface area contributed by atoms with E-state index < -0.39 is 29.9 Å². The van der Waals surface area contributed by atoms with Gasteiger partial charge in [0.15, 0.2) is 0 Å². The molecule has 2 saturated heterocycles. The minimum absolute atomic E-state index is 0.0499. The summed E-state index contributed by atoms with van der Waals surface area (Å²) in [5, 5.41) is 37.4. The third-order valence-electron chi connectivity index (χ3n) is 6.45. The van der Waals surface area contributed by atoms with E-state index >= 15 is 0 Å². The molecule has 3 fully saturated rings. The smallest absolute Gasteiger partial charge is 0.237 e. The summed E-state index contributed by atoms with van der Waals surface area (Å²) < 4.78 is 5.92. The maximum Gasteiger partial charge on any atom is 0.237 e. The van der Waals surface area contributed by atoms with Gasteiger partial charge < -0.3 is 30.7 Å². The molecule has 0 aromatic rings. The summed E-state index contributed by atoms with van der Waals surface area (Å²) in [6.07, 6.45) is 4.73. The van der Waals surface area contributed by atoms with E-state index in [0.717, 1.165) is 38.6 Å². The van der Waals surface area contributed by atoms with Gasteiger partial charge in [-0.25, -0.2) is 0 Å². The highest BCUT2D eigenvalue weighted by Crippen LogP contribution is 2.39. The zero-order valence-electron chi connectivity index (χ0n) is 16.9. The van der Waals surface area contributed by atoms with Crippen molar-refractivity contribution in [1.29, 1.82) is 0 Å². The lowest BCUT2D eigenvalue weighted by atomic mass is 9.91. The van der Waals surface area contributed by atoms with Crippen LogP contribution in [0.15, 0.2) is 0 Å². The summed E-state index contributed by atoms with van der Waals surface area (Å²) in [6.45, 7) is 3.05. The summed E-state index contributed by atoms with van der Waals surface area (Å²) in [7, 11) is 0. The van der Waals surface area contributed by atoms with Crippen LogP contribution in [-0.2, 0) is 9.53 Å². The fraction of sp³-hybridized carbons (Fsp3) is 0.950. The van der Waals surface area contributed by atoms with Gasteiger partial charge in [-0.05, 0) is 56.7 Å². The predicted octanol–water partition coefficient (Wildman–Crippen LogP) is 0.610. The second-order valence-corrected chi connectivity index (χ2v) is 9.51. The lowest BCUT2D eigenvalue weighted by Gasteiger charge is -2.43. The van der Waals surface area contributed by atoms with Crippen molar-refractivity contribution >= 4 is 17.7 Å². The van der Waals surface area contributed by atoms with Crippen molar-refractivity contribution in [1.82, 2.24) is 10.6 Å². The van der Waals surface area contributed by atoms with Crippen molar-refractivity contribution in [3.05, 3.63) is 0 Å². The van der Waals surface area contributed by atoms with Crippen LogP contribution >= 0.6 is 11.8 Å². The number of aliphatic hydroxyl groups excluding tert-OH is 3. The Morgan fingerprint density at radius 3 is 2.54 bits per heavy atom. The van der Waals surface area contributed by atoms with Crippen LogP contribution in [-0.4, -0.2) is 76.0 Å². The number of ether oxygens (including phenoxy) is 1. The highest BCUT2D eigenvalue weighted by molar-refractivity contribution is 7.99. The first kappa shape index (κ1) is 22.3. The van der Waals surface area contributed by atoms with Crippen molar-refractivity contribution in [3.63, 3.8) is 0 Å². The van der Waals surface area contributed by atoms with Crippen LogP contribution in [0.1, 0.15) is 51.9 Å². The highest BCUT2D eigenvalue weighted by Gasteiger charge is 2.50. The van der Waals surface area contributed by atoms with Gasteiger partial charge in [0.05, 0.1) is 12.1 Å². The molecule has 2 heterocycles. The van der Waals surface area contributed by atoms with Crippen molar-refractivity contribution in [2.24, 2.45) is 11.8 Å². The summed E-state index contributed by atoms with van der Waals surface area (Å²) >= 11 is 1.30. The molecule has 0 aromatic heterocycles. The molecule has 7 nitrogen and oxygen atoms in total. The molecule has 1 saturated carbocycles. The number of hydrogen-bond acceptors (Lipinski definition) is 7. The number of hydrogen-bond donors (Lipinski definition) is 5. The quantitative estimate of drug-likeness (QED) is 0.413. The molecule has 1 aliphatic carbocycles. The van der Waals surface area contributed by atoms with Gasteiger partial charge in [-0.1, -0.05) is 19.8 Å². The van der Waals surface area contributed by atoms with Crippen LogP contribution in [0.25, 0.3) is 0 Å². The number of nitrogens with one attached hydrogen (secondary N) is 2. The van der Waals surface area contributed by atoms with Crippen LogP contribution < -0.4 is 10.6 Å². The molecule has 1 unspecified atom stereocenters. The highest BCUT2D eigenvalue weighted by atomic mass is 32.2. The maximum atomic E-state index is 13.0. The molecule has 3 aliphatic rings. The predicted molar refractivity (Wildman–Crippen MR) is 109 cm³/mol. The van der Waals surface area contributed by atoms with Crippen molar-refractivity contribution < 1.29 is 24.9 Å². The summed E-state index contributed by atoms with van der Waals surface area (Å²) in [5.41, 5.74) is -0.618. The topological polar surface area (TPSA) is 111 Å². The summed E-state index contributed by atoms with van der Waals surface area (Å²) in [6, 6.07) is -0.577. The van der Waals surface area contributed by atoms with Gasteiger partial charge in [-0.3, -0.25) is 4.79 Å². The SMILES string of the molecule is CCCC1CCN[C@H](C(=O)N[C@H](C2CC2)[C@H]2O[C@H](SC)[C@H](O)[C@@H](O)[C@H]2O)CC1. The van der Waals surface area contributed by atoms with Gasteiger partial charge in [0.2, 0.25) is 5.91 Å². The standard InChI is InChI=1S/C20H36N2O5S/c1-3-4-11-5-8-13(21-10-9-11)19(26)22-14(12-6-7-12)18-16(24)15(23)17(25)20(27-18)28-2/h11-18,20-21,23-25H,3-10H2,1-2H3,(H,22,26)/t11?,13-,14+,15-,16+,17+,18+,20+/m0/s1. The largest absolute Gasteiger partial charge is 0.388 e. The Morgan fingerprint density at radius 1 is 1.14 bits per heavy atom. The van der Waals surface area contributed by atoms with Gasteiger partial charge in [-0.15, -0.1) is 11.8 Å². The van der Waals surface area contributed by atoms with Crippen LogP contribution in [0.2, 0.25) is 0 Å². The summed E-state index contributed by atoms with van der Waals surface area (Å²) in [4.78, 5) is 13.0. The number of thioether (sulfide) groups is 1. The minimum Gasteiger partial charge on any atom is -0.388 e. The van der Waals surface area contributed by atoms with Crippen LogP contribution in [0.4, 0.5) is 0 Å². The van der Waals surface area contributed by atoms with Crippen molar-refractivity contribution in [2.45, 2.75) is 93.8 Å². The fourth-order valence-corrected chi connectivity index (χ4v) is 5.26. The van der Waals surface area contributed by atoms with Gasteiger partial charge in [0.1, 0.15) is 29.9 Å². The molecule has 28 heavy (non-hydrogen) atoms. The van der Waals surface area contributed by atoms with E-state index in [1.165, 1.54) is 24.6 Å². The summed E-state index contributed by atoms with van der Waals surface area (Å²) in [5.74, 6) is 0.871. The lowest BCUT2D eigenvalue weighted by Crippen LogP contribution is -2.64. The Bertz CT molecular complexity index is 519. The zero-order chi connectivity index (χ0) is 20.3. The van der Waals surface area contributed by atoms with Crippen LogP contribution in [0, 0.1) is 11.8 Å². The number of rotatable bonds is 7. The Labute approximate surface area is 172 Å². The molecule has 0 bridgehead atoms. The molecule has 3 rings (SSSR count). The number of carbonyl (C=O) groups excluding carboxylic acids is 1. The lowest BCUT2D eigenvalue weighted by molar-refractivity contribution is -0.206. The molecule has 0 spiro atoms. The fourth-order valence-electron chi connectivity index (χ4n) is 4.58. The number of aliphatic hydroxyl groups is 3. The maximum absolute atomic E-state index is 13.0. The number of amides is 1. The average Bonchev–Trinajstić information content (AvgIpc) is 3.53. The molecule has 162 valence electrons. The molecule has 0 aromatic carbocycles. The van der Waals surface area contributed by atoms with Gasteiger partial charge >= 0.3 is 0 Å². The Balaban J connectivity index is 1.63. The second-order valence-electron chi connectivity index (χ2n) is 8.58. The normalized spacial score (nSPS) is 40.5. The first-order valence-electron chi connectivity index (χ1n) is 10.7. The average molecular weight is 417 g/mol. The first-order valence-corrected chi connectivity index (χ1v) is 12.0. The van der Waals surface area contributed by atoms with E-state index in [-0.39, 0.29) is 23.9 Å². The third-order valence-corrected chi connectivity index (χ3v) is 7.31. The van der Waals surface area contributed by atoms with E-state index in [0.29, 0.717) is 5.92 Å². The van der Waals surface area contributed by atoms with E-state index in [2.05, 4.69) is 17.6 Å². The third kappa shape index (κ3) is 5.21.